The van der Waals surface area contributed by atoms with E-state index in [1.807, 2.05) is 6.92 Å². The van der Waals surface area contributed by atoms with Crippen molar-refractivity contribution in [3.8, 4) is 0 Å². The van der Waals surface area contributed by atoms with Crippen molar-refractivity contribution in [1.29, 1.82) is 0 Å². The number of rotatable bonds is 6. The lowest BCUT2D eigenvalue weighted by molar-refractivity contribution is 0.441. The third-order valence-corrected chi connectivity index (χ3v) is 3.91. The van der Waals surface area contributed by atoms with Gasteiger partial charge in [0.2, 0.25) is 0 Å². The van der Waals surface area contributed by atoms with E-state index in [4.69, 9.17) is 0 Å². The number of hydrogen-bond acceptors (Lipinski definition) is 2. The highest BCUT2D eigenvalue weighted by atomic mass is 15.3. The molecule has 1 N–H and O–H groups in total. The highest BCUT2D eigenvalue weighted by Gasteiger charge is 2.13. The summed E-state index contributed by atoms with van der Waals surface area (Å²) in [6.07, 6.45) is 0. The Balaban J connectivity index is 2.20. The highest BCUT2D eigenvalue weighted by molar-refractivity contribution is 5.27. The summed E-state index contributed by atoms with van der Waals surface area (Å²) in [4.78, 5) is 0. The number of benzene rings is 1. The molecule has 0 bridgehead atoms. The summed E-state index contributed by atoms with van der Waals surface area (Å²) in [6.45, 7) is 12.6. The van der Waals surface area contributed by atoms with E-state index in [0.717, 1.165) is 18.8 Å². The molecule has 0 saturated heterocycles. The van der Waals surface area contributed by atoms with Crippen LogP contribution in [0.4, 0.5) is 0 Å². The maximum Gasteiger partial charge on any atom is 0.0607 e. The van der Waals surface area contributed by atoms with Crippen molar-refractivity contribution in [1.82, 2.24) is 15.1 Å². The zero-order valence-electron chi connectivity index (χ0n) is 13.9. The van der Waals surface area contributed by atoms with Gasteiger partial charge >= 0.3 is 0 Å². The van der Waals surface area contributed by atoms with Crippen LogP contribution in [-0.2, 0) is 6.54 Å². The lowest BCUT2D eigenvalue weighted by Gasteiger charge is -2.20. The molecule has 0 aliphatic rings. The molecule has 2 aromatic rings. The van der Waals surface area contributed by atoms with Crippen LogP contribution >= 0.6 is 0 Å². The SMILES string of the molecule is CCNC(Cn1nc(C)cc1C)c1ccc(C(C)C)cc1. The second-order valence-corrected chi connectivity index (χ2v) is 6.04. The van der Waals surface area contributed by atoms with Gasteiger partial charge in [-0.2, -0.15) is 5.10 Å². The fourth-order valence-corrected chi connectivity index (χ4v) is 2.68. The Morgan fingerprint density at radius 3 is 2.19 bits per heavy atom. The predicted octanol–water partition coefficient (Wildman–Crippen LogP) is 3.97. The summed E-state index contributed by atoms with van der Waals surface area (Å²) in [5.41, 5.74) is 5.01. The normalized spacial score (nSPS) is 12.9. The van der Waals surface area contributed by atoms with Crippen molar-refractivity contribution >= 4 is 0 Å². The van der Waals surface area contributed by atoms with E-state index in [0.29, 0.717) is 12.0 Å². The molecule has 0 aliphatic heterocycles. The van der Waals surface area contributed by atoms with Gasteiger partial charge < -0.3 is 5.32 Å². The van der Waals surface area contributed by atoms with Gasteiger partial charge in [-0.25, -0.2) is 0 Å². The Hall–Kier alpha value is -1.61. The van der Waals surface area contributed by atoms with Gasteiger partial charge in [-0.3, -0.25) is 4.68 Å². The summed E-state index contributed by atoms with van der Waals surface area (Å²) in [5, 5.41) is 8.15. The Bertz CT molecular complexity index is 567. The average Bonchev–Trinajstić information content (AvgIpc) is 2.76. The number of hydrogen-bond donors (Lipinski definition) is 1. The summed E-state index contributed by atoms with van der Waals surface area (Å²) >= 11 is 0. The van der Waals surface area contributed by atoms with E-state index in [2.05, 4.69) is 73.1 Å². The van der Waals surface area contributed by atoms with Crippen molar-refractivity contribution in [2.75, 3.05) is 6.54 Å². The van der Waals surface area contributed by atoms with Gasteiger partial charge in [-0.05, 0) is 43.5 Å². The molecule has 0 fully saturated rings. The molecule has 114 valence electrons. The lowest BCUT2D eigenvalue weighted by atomic mass is 9.99. The van der Waals surface area contributed by atoms with E-state index in [1.165, 1.54) is 16.8 Å². The van der Waals surface area contributed by atoms with Crippen LogP contribution in [0.1, 0.15) is 55.2 Å². The van der Waals surface area contributed by atoms with E-state index < -0.39 is 0 Å². The Kier molecular flexibility index (Phi) is 5.18. The Morgan fingerprint density at radius 2 is 1.71 bits per heavy atom. The van der Waals surface area contributed by atoms with Crippen LogP contribution in [-0.4, -0.2) is 16.3 Å². The zero-order chi connectivity index (χ0) is 15.4. The average molecular weight is 285 g/mol. The summed E-state index contributed by atoms with van der Waals surface area (Å²) in [6, 6.07) is 11.4. The molecule has 1 heterocycles. The molecule has 0 amide bonds. The molecule has 1 aromatic carbocycles. The quantitative estimate of drug-likeness (QED) is 0.870. The van der Waals surface area contributed by atoms with E-state index in [-0.39, 0.29) is 0 Å². The van der Waals surface area contributed by atoms with Gasteiger partial charge in [0.1, 0.15) is 0 Å². The summed E-state index contributed by atoms with van der Waals surface area (Å²) in [7, 11) is 0. The number of likely N-dealkylation sites (N-methyl/N-ethyl adjacent to an activating group) is 1. The van der Waals surface area contributed by atoms with Crippen molar-refractivity contribution in [2.24, 2.45) is 0 Å². The first-order valence-electron chi connectivity index (χ1n) is 7.85. The minimum atomic E-state index is 0.300. The molecule has 2 rings (SSSR count). The first kappa shape index (κ1) is 15.8. The molecular formula is C18H27N3. The van der Waals surface area contributed by atoms with Crippen LogP contribution in [0.2, 0.25) is 0 Å². The van der Waals surface area contributed by atoms with Gasteiger partial charge in [0.15, 0.2) is 0 Å². The minimum Gasteiger partial charge on any atom is -0.309 e. The predicted molar refractivity (Wildman–Crippen MR) is 88.6 cm³/mol. The third-order valence-electron chi connectivity index (χ3n) is 3.91. The molecule has 0 saturated carbocycles. The fraction of sp³-hybridized carbons (Fsp3) is 0.500. The monoisotopic (exact) mass is 285 g/mol. The molecule has 1 atom stereocenters. The van der Waals surface area contributed by atoms with Crippen LogP contribution in [0.3, 0.4) is 0 Å². The first-order valence-corrected chi connectivity index (χ1v) is 7.85. The Labute approximate surface area is 128 Å². The summed E-state index contributed by atoms with van der Waals surface area (Å²) in [5.74, 6) is 0.577. The maximum absolute atomic E-state index is 4.58. The molecule has 21 heavy (non-hydrogen) atoms. The van der Waals surface area contributed by atoms with Crippen LogP contribution < -0.4 is 5.32 Å². The van der Waals surface area contributed by atoms with Gasteiger partial charge in [-0.1, -0.05) is 45.0 Å². The molecule has 3 heteroatoms. The minimum absolute atomic E-state index is 0.300. The van der Waals surface area contributed by atoms with Crippen molar-refractivity contribution in [2.45, 2.75) is 53.1 Å². The van der Waals surface area contributed by atoms with Gasteiger partial charge in [0.05, 0.1) is 18.3 Å². The maximum atomic E-state index is 4.58. The number of aromatic nitrogens is 2. The van der Waals surface area contributed by atoms with Crippen LogP contribution in [0.15, 0.2) is 30.3 Å². The highest BCUT2D eigenvalue weighted by Crippen LogP contribution is 2.20. The van der Waals surface area contributed by atoms with E-state index in [1.54, 1.807) is 0 Å². The molecule has 1 aromatic heterocycles. The van der Waals surface area contributed by atoms with Crippen LogP contribution in [0.5, 0.6) is 0 Å². The first-order chi connectivity index (χ1) is 10.0. The molecule has 0 spiro atoms. The smallest absolute Gasteiger partial charge is 0.0607 e. The third kappa shape index (κ3) is 3.94. The summed E-state index contributed by atoms with van der Waals surface area (Å²) < 4.78 is 2.10. The van der Waals surface area contributed by atoms with Crippen LogP contribution in [0, 0.1) is 13.8 Å². The zero-order valence-corrected chi connectivity index (χ0v) is 13.9. The van der Waals surface area contributed by atoms with Crippen molar-refractivity contribution in [3.05, 3.63) is 52.8 Å². The van der Waals surface area contributed by atoms with Gasteiger partial charge in [0, 0.05) is 5.69 Å². The molecular weight excluding hydrogens is 258 g/mol. The van der Waals surface area contributed by atoms with E-state index >= 15 is 0 Å². The molecule has 3 nitrogen and oxygen atoms in total. The standard InChI is InChI=1S/C18H27N3/c1-6-19-18(12-21-15(5)11-14(4)20-21)17-9-7-16(8-10-17)13(2)3/h7-11,13,18-19H,6,12H2,1-5H3. The van der Waals surface area contributed by atoms with Gasteiger partial charge in [-0.15, -0.1) is 0 Å². The second-order valence-electron chi connectivity index (χ2n) is 6.04. The molecule has 1 unspecified atom stereocenters. The topological polar surface area (TPSA) is 29.9 Å². The lowest BCUT2D eigenvalue weighted by Crippen LogP contribution is -2.26. The number of aryl methyl sites for hydroxylation is 2. The largest absolute Gasteiger partial charge is 0.309 e. The van der Waals surface area contributed by atoms with Crippen LogP contribution in [0.25, 0.3) is 0 Å². The van der Waals surface area contributed by atoms with Gasteiger partial charge in [0.25, 0.3) is 0 Å². The fourth-order valence-electron chi connectivity index (χ4n) is 2.68. The molecule has 0 radical (unpaired) electrons. The molecule has 0 aliphatic carbocycles. The van der Waals surface area contributed by atoms with E-state index in [9.17, 15) is 0 Å². The second kappa shape index (κ2) is 6.90. The number of nitrogens with one attached hydrogen (secondary N) is 1. The van der Waals surface area contributed by atoms with Crippen molar-refractivity contribution < 1.29 is 0 Å². The Morgan fingerprint density at radius 1 is 1.10 bits per heavy atom. The number of nitrogens with zero attached hydrogens (tertiary/aromatic N) is 2. The van der Waals surface area contributed by atoms with Crippen molar-refractivity contribution in [3.63, 3.8) is 0 Å².